The molecule has 0 radical (unpaired) electrons. The molecule has 6 heteroatoms. The number of rotatable bonds is 53. The Labute approximate surface area is 438 Å². The van der Waals surface area contributed by atoms with E-state index in [0.29, 0.717) is 19.3 Å². The molecule has 6 nitrogen and oxygen atoms in total. The average molecular weight is 988 g/mol. The van der Waals surface area contributed by atoms with Crippen molar-refractivity contribution in [2.45, 2.75) is 284 Å². The fraction of sp³-hybridized carbons (Fsp3) is 0.708. The lowest BCUT2D eigenvalue weighted by atomic mass is 10.0. The van der Waals surface area contributed by atoms with Crippen molar-refractivity contribution < 1.29 is 28.6 Å². The third-order valence-corrected chi connectivity index (χ3v) is 12.6. The Kier molecular flexibility index (Phi) is 55.9. The van der Waals surface area contributed by atoms with Gasteiger partial charge in [0.2, 0.25) is 0 Å². The van der Waals surface area contributed by atoms with Gasteiger partial charge in [0, 0.05) is 19.3 Å². The quantitative estimate of drug-likeness (QED) is 0.0261. The zero-order chi connectivity index (χ0) is 51.4. The molecule has 1 atom stereocenters. The van der Waals surface area contributed by atoms with Crippen molar-refractivity contribution in [2.75, 3.05) is 13.2 Å². The van der Waals surface area contributed by atoms with E-state index in [0.717, 1.165) is 135 Å². The van der Waals surface area contributed by atoms with Gasteiger partial charge in [-0.25, -0.2) is 0 Å². The molecule has 0 aliphatic carbocycles. The van der Waals surface area contributed by atoms with Crippen LogP contribution in [0.1, 0.15) is 278 Å². The first-order chi connectivity index (χ1) is 35.0. The van der Waals surface area contributed by atoms with Gasteiger partial charge in [0.15, 0.2) is 6.10 Å². The normalized spacial score (nSPS) is 12.8. The van der Waals surface area contributed by atoms with Crippen LogP contribution in [0.5, 0.6) is 0 Å². The number of ether oxygens (including phenoxy) is 3. The van der Waals surface area contributed by atoms with Gasteiger partial charge >= 0.3 is 17.9 Å². The summed E-state index contributed by atoms with van der Waals surface area (Å²) in [5.74, 6) is -0.923. The number of hydrogen-bond acceptors (Lipinski definition) is 6. The van der Waals surface area contributed by atoms with Crippen molar-refractivity contribution in [3.05, 3.63) is 97.2 Å². The Morgan fingerprint density at radius 3 is 0.887 bits per heavy atom. The molecule has 1 unspecified atom stereocenters. The van der Waals surface area contributed by atoms with Crippen LogP contribution >= 0.6 is 0 Å². The molecular weight excluding hydrogens is 877 g/mol. The molecule has 0 fully saturated rings. The molecule has 0 rings (SSSR count). The van der Waals surface area contributed by atoms with E-state index < -0.39 is 6.10 Å². The number of carbonyl (C=O) groups is 3. The molecule has 0 amide bonds. The summed E-state index contributed by atoms with van der Waals surface area (Å²) in [6, 6.07) is 0. The number of carbonyl (C=O) groups excluding carboxylic acids is 3. The molecular formula is C65H110O6. The second kappa shape index (κ2) is 58.9. The summed E-state index contributed by atoms with van der Waals surface area (Å²) in [6.45, 7) is 6.48. The van der Waals surface area contributed by atoms with Crippen LogP contribution in [0, 0.1) is 0 Å². The summed E-state index contributed by atoms with van der Waals surface area (Å²) >= 11 is 0. The Morgan fingerprint density at radius 1 is 0.296 bits per heavy atom. The van der Waals surface area contributed by atoms with Gasteiger partial charge in [0.1, 0.15) is 13.2 Å². The van der Waals surface area contributed by atoms with Crippen LogP contribution in [0.4, 0.5) is 0 Å². The van der Waals surface area contributed by atoms with Crippen LogP contribution in [0.2, 0.25) is 0 Å². The molecule has 71 heavy (non-hydrogen) atoms. The molecule has 0 aromatic rings. The molecule has 0 bridgehead atoms. The van der Waals surface area contributed by atoms with E-state index in [9.17, 15) is 14.4 Å². The number of allylic oxidation sites excluding steroid dienone is 16. The van der Waals surface area contributed by atoms with Crippen LogP contribution in [0.25, 0.3) is 0 Å². The minimum absolute atomic E-state index is 0.0899. The van der Waals surface area contributed by atoms with Crippen LogP contribution < -0.4 is 0 Å². The minimum atomic E-state index is -0.796. The van der Waals surface area contributed by atoms with Gasteiger partial charge in [0.05, 0.1) is 0 Å². The van der Waals surface area contributed by atoms with Crippen molar-refractivity contribution in [2.24, 2.45) is 0 Å². The van der Waals surface area contributed by atoms with Gasteiger partial charge in [-0.2, -0.15) is 0 Å². The van der Waals surface area contributed by atoms with Gasteiger partial charge in [-0.1, -0.05) is 253 Å². The molecule has 0 aliphatic rings. The lowest BCUT2D eigenvalue weighted by Crippen LogP contribution is -2.30. The molecule has 0 N–H and O–H groups in total. The maximum absolute atomic E-state index is 12.9. The molecule has 0 spiro atoms. The highest BCUT2D eigenvalue weighted by molar-refractivity contribution is 5.71. The fourth-order valence-electron chi connectivity index (χ4n) is 8.12. The standard InChI is InChI=1S/C65H110O6/c1-4-7-10-13-16-19-22-25-28-29-30-31-32-33-34-35-38-40-43-46-49-52-55-58-64(67)70-61-62(71-65(68)59-56-53-50-47-44-41-37-27-24-21-18-15-12-9-6-3)60-69-63(66)57-54-51-48-45-42-39-36-26-23-20-17-14-11-8-5-2/h7,10,16,18-19,21,25,27-28,30-31,33-34,37-38,40,62H,4-6,8-9,11-15,17,20,22-24,26,29,32,35-36,39,41-61H2,1-3H3/b10-7-,19-16-,21-18-,28-25-,31-30-,34-33-,37-27-,40-38-. The topological polar surface area (TPSA) is 78.9 Å². The van der Waals surface area contributed by atoms with Crippen molar-refractivity contribution in [3.63, 3.8) is 0 Å². The fourth-order valence-corrected chi connectivity index (χ4v) is 8.12. The smallest absolute Gasteiger partial charge is 0.306 e. The maximum Gasteiger partial charge on any atom is 0.306 e. The minimum Gasteiger partial charge on any atom is -0.462 e. The molecule has 0 aromatic carbocycles. The van der Waals surface area contributed by atoms with E-state index in [2.05, 4.69) is 118 Å². The van der Waals surface area contributed by atoms with Crippen molar-refractivity contribution in [1.82, 2.24) is 0 Å². The predicted molar refractivity (Wildman–Crippen MR) is 307 cm³/mol. The van der Waals surface area contributed by atoms with Gasteiger partial charge in [-0.05, 0) is 103 Å². The number of hydrogen-bond donors (Lipinski definition) is 0. The van der Waals surface area contributed by atoms with E-state index in [4.69, 9.17) is 14.2 Å². The lowest BCUT2D eigenvalue weighted by Gasteiger charge is -2.18. The van der Waals surface area contributed by atoms with E-state index in [1.54, 1.807) is 0 Å². The molecule has 406 valence electrons. The summed E-state index contributed by atoms with van der Waals surface area (Å²) < 4.78 is 16.9. The molecule has 0 saturated heterocycles. The Bertz CT molecular complexity index is 1410. The summed E-state index contributed by atoms with van der Waals surface area (Å²) in [6.07, 6.45) is 78.2. The van der Waals surface area contributed by atoms with Crippen LogP contribution in [-0.4, -0.2) is 37.2 Å². The average Bonchev–Trinajstić information content (AvgIpc) is 3.37. The highest BCUT2D eigenvalue weighted by Crippen LogP contribution is 2.15. The van der Waals surface area contributed by atoms with Crippen molar-refractivity contribution in [1.29, 1.82) is 0 Å². The zero-order valence-electron chi connectivity index (χ0n) is 46.5. The monoisotopic (exact) mass is 987 g/mol. The van der Waals surface area contributed by atoms with Crippen molar-refractivity contribution >= 4 is 17.9 Å². The van der Waals surface area contributed by atoms with Crippen LogP contribution in [0.3, 0.4) is 0 Å². The zero-order valence-corrected chi connectivity index (χ0v) is 46.5. The first-order valence-corrected chi connectivity index (χ1v) is 29.7. The summed E-state index contributed by atoms with van der Waals surface area (Å²) in [5, 5.41) is 0. The van der Waals surface area contributed by atoms with Gasteiger partial charge < -0.3 is 14.2 Å². The van der Waals surface area contributed by atoms with Crippen molar-refractivity contribution in [3.8, 4) is 0 Å². The first-order valence-electron chi connectivity index (χ1n) is 29.7. The molecule has 0 aromatic heterocycles. The molecule has 0 saturated carbocycles. The summed E-state index contributed by atoms with van der Waals surface area (Å²) in [5.41, 5.74) is 0. The summed E-state index contributed by atoms with van der Waals surface area (Å²) in [7, 11) is 0. The lowest BCUT2D eigenvalue weighted by molar-refractivity contribution is -0.167. The third-order valence-electron chi connectivity index (χ3n) is 12.6. The largest absolute Gasteiger partial charge is 0.462 e. The Hall–Kier alpha value is -3.67. The van der Waals surface area contributed by atoms with Gasteiger partial charge in [0.25, 0.3) is 0 Å². The molecule has 0 heterocycles. The second-order valence-electron chi connectivity index (χ2n) is 19.5. The highest BCUT2D eigenvalue weighted by Gasteiger charge is 2.19. The molecule has 0 aliphatic heterocycles. The van der Waals surface area contributed by atoms with E-state index in [1.165, 1.54) is 103 Å². The van der Waals surface area contributed by atoms with Crippen LogP contribution in [0.15, 0.2) is 97.2 Å². The SMILES string of the molecule is CC/C=C\C/C=C\C/C=C\C/C=C\C/C=C\C/C=C\CCCCCCC(=O)OCC(COC(=O)CCCCCCCCCCCCCCCCC)OC(=O)CCCCCCC/C=C\C/C=C\CCCCC. The Morgan fingerprint density at radius 2 is 0.549 bits per heavy atom. The van der Waals surface area contributed by atoms with E-state index in [1.807, 2.05) is 0 Å². The van der Waals surface area contributed by atoms with E-state index >= 15 is 0 Å². The predicted octanol–water partition coefficient (Wildman–Crippen LogP) is 20.1. The summed E-state index contributed by atoms with van der Waals surface area (Å²) in [4.78, 5) is 38.2. The van der Waals surface area contributed by atoms with E-state index in [-0.39, 0.29) is 31.1 Å². The first kappa shape index (κ1) is 67.3. The highest BCUT2D eigenvalue weighted by atomic mass is 16.6. The second-order valence-corrected chi connectivity index (χ2v) is 19.5. The number of unbranched alkanes of at least 4 members (excludes halogenated alkanes) is 26. The Balaban J connectivity index is 4.43. The maximum atomic E-state index is 12.9. The number of esters is 3. The van der Waals surface area contributed by atoms with Crippen LogP contribution in [-0.2, 0) is 28.6 Å². The third kappa shape index (κ3) is 57.1. The van der Waals surface area contributed by atoms with Gasteiger partial charge in [-0.15, -0.1) is 0 Å². The van der Waals surface area contributed by atoms with Gasteiger partial charge in [-0.3, -0.25) is 14.4 Å².